The SMILES string of the molecule is CON(C)C(=O)c1cnc(N2CCN(C(=O)OC(C)(C)C)CC2)o1. The molecule has 1 aliphatic heterocycles. The number of carbonyl (C=O) groups excluding carboxylic acids is 2. The second kappa shape index (κ2) is 7.08. The Morgan fingerprint density at radius 3 is 2.42 bits per heavy atom. The summed E-state index contributed by atoms with van der Waals surface area (Å²) in [6.45, 7) is 7.61. The highest BCUT2D eigenvalue weighted by Gasteiger charge is 2.28. The molecule has 0 aromatic carbocycles. The maximum atomic E-state index is 12.0. The van der Waals surface area contributed by atoms with E-state index in [2.05, 4.69) is 4.98 Å². The standard InChI is InChI=1S/C15H24N4O5/c1-15(2,3)24-14(21)19-8-6-18(7-9-19)13-16-10-11(23-13)12(20)17(4)22-5/h10H,6-9H2,1-5H3. The fourth-order valence-electron chi connectivity index (χ4n) is 2.15. The quantitative estimate of drug-likeness (QED) is 0.768. The molecule has 1 aromatic heterocycles. The molecule has 0 atom stereocenters. The van der Waals surface area contributed by atoms with Crippen LogP contribution in [0.5, 0.6) is 0 Å². The smallest absolute Gasteiger partial charge is 0.410 e. The average molecular weight is 340 g/mol. The number of aromatic nitrogens is 1. The summed E-state index contributed by atoms with van der Waals surface area (Å²) in [6.07, 6.45) is 1.04. The summed E-state index contributed by atoms with van der Waals surface area (Å²) in [6, 6.07) is 0.353. The number of hydroxylamine groups is 2. The van der Waals surface area contributed by atoms with Gasteiger partial charge in [-0.25, -0.2) is 14.8 Å². The van der Waals surface area contributed by atoms with Gasteiger partial charge in [-0.2, -0.15) is 0 Å². The van der Waals surface area contributed by atoms with Crippen LogP contribution in [0.2, 0.25) is 0 Å². The summed E-state index contributed by atoms with van der Waals surface area (Å²) in [4.78, 5) is 36.4. The molecule has 0 unspecified atom stereocenters. The summed E-state index contributed by atoms with van der Waals surface area (Å²) < 4.78 is 10.9. The third kappa shape index (κ3) is 4.38. The van der Waals surface area contributed by atoms with Gasteiger partial charge in [-0.05, 0) is 20.8 Å². The predicted molar refractivity (Wildman–Crippen MR) is 85.6 cm³/mol. The zero-order valence-electron chi connectivity index (χ0n) is 14.7. The van der Waals surface area contributed by atoms with E-state index in [1.807, 2.05) is 25.7 Å². The molecule has 24 heavy (non-hydrogen) atoms. The molecule has 9 nitrogen and oxygen atoms in total. The van der Waals surface area contributed by atoms with Gasteiger partial charge in [0, 0.05) is 33.2 Å². The first-order valence-electron chi connectivity index (χ1n) is 7.72. The van der Waals surface area contributed by atoms with E-state index in [4.69, 9.17) is 14.0 Å². The lowest BCUT2D eigenvalue weighted by Gasteiger charge is -2.34. The molecule has 2 rings (SSSR count). The number of anilines is 1. The van der Waals surface area contributed by atoms with Crippen LogP contribution < -0.4 is 4.90 Å². The lowest BCUT2D eigenvalue weighted by atomic mass is 10.2. The summed E-state index contributed by atoms with van der Waals surface area (Å²) in [5.41, 5.74) is -0.514. The Balaban J connectivity index is 1.92. The van der Waals surface area contributed by atoms with Crippen molar-refractivity contribution in [3.05, 3.63) is 12.0 Å². The molecule has 134 valence electrons. The Hall–Kier alpha value is -2.29. The van der Waals surface area contributed by atoms with E-state index in [0.29, 0.717) is 32.2 Å². The number of carbonyl (C=O) groups is 2. The number of hydrogen-bond acceptors (Lipinski definition) is 7. The van der Waals surface area contributed by atoms with E-state index >= 15 is 0 Å². The van der Waals surface area contributed by atoms with Crippen LogP contribution >= 0.6 is 0 Å². The fourth-order valence-corrected chi connectivity index (χ4v) is 2.15. The molecule has 0 radical (unpaired) electrons. The third-order valence-corrected chi connectivity index (χ3v) is 3.47. The van der Waals surface area contributed by atoms with E-state index in [9.17, 15) is 9.59 Å². The maximum absolute atomic E-state index is 12.0. The molecule has 0 spiro atoms. The molecule has 0 aliphatic carbocycles. The minimum atomic E-state index is -0.514. The van der Waals surface area contributed by atoms with Crippen molar-refractivity contribution in [2.24, 2.45) is 0 Å². The largest absolute Gasteiger partial charge is 0.444 e. The highest BCUT2D eigenvalue weighted by atomic mass is 16.7. The number of nitrogens with zero attached hydrogens (tertiary/aromatic N) is 4. The van der Waals surface area contributed by atoms with Gasteiger partial charge in [-0.3, -0.25) is 9.63 Å². The minimum absolute atomic E-state index is 0.101. The Labute approximate surface area is 141 Å². The molecular weight excluding hydrogens is 316 g/mol. The number of ether oxygens (including phenoxy) is 1. The zero-order chi connectivity index (χ0) is 17.9. The number of rotatable bonds is 3. The third-order valence-electron chi connectivity index (χ3n) is 3.47. The Bertz CT molecular complexity index is 587. The van der Waals surface area contributed by atoms with Crippen molar-refractivity contribution in [3.63, 3.8) is 0 Å². The van der Waals surface area contributed by atoms with Crippen molar-refractivity contribution in [2.45, 2.75) is 26.4 Å². The van der Waals surface area contributed by atoms with Gasteiger partial charge < -0.3 is 19.0 Å². The van der Waals surface area contributed by atoms with Crippen LogP contribution in [-0.4, -0.2) is 72.9 Å². The molecule has 0 saturated carbocycles. The van der Waals surface area contributed by atoms with Gasteiger partial charge in [0.2, 0.25) is 5.76 Å². The molecule has 2 heterocycles. The van der Waals surface area contributed by atoms with Gasteiger partial charge in [-0.15, -0.1) is 0 Å². The molecule has 0 N–H and O–H groups in total. The lowest BCUT2D eigenvalue weighted by molar-refractivity contribution is -0.0773. The molecule has 1 aromatic rings. The van der Waals surface area contributed by atoms with Crippen molar-refractivity contribution in [1.82, 2.24) is 14.9 Å². The first-order chi connectivity index (χ1) is 11.2. The molecule has 1 saturated heterocycles. The van der Waals surface area contributed by atoms with Crippen molar-refractivity contribution < 1.29 is 23.6 Å². The first-order valence-corrected chi connectivity index (χ1v) is 7.72. The van der Waals surface area contributed by atoms with E-state index in [0.717, 1.165) is 5.06 Å². The van der Waals surface area contributed by atoms with Crippen LogP contribution in [0.4, 0.5) is 10.8 Å². The van der Waals surface area contributed by atoms with Crippen LogP contribution in [0.15, 0.2) is 10.6 Å². The van der Waals surface area contributed by atoms with Gasteiger partial charge in [0.15, 0.2) is 0 Å². The van der Waals surface area contributed by atoms with E-state index in [1.54, 1.807) is 4.90 Å². The van der Waals surface area contributed by atoms with Crippen LogP contribution in [0.1, 0.15) is 31.3 Å². The normalized spacial score (nSPS) is 15.4. The van der Waals surface area contributed by atoms with E-state index in [1.165, 1.54) is 20.4 Å². The summed E-state index contributed by atoms with van der Waals surface area (Å²) in [5, 5.41) is 1.06. The first kappa shape index (κ1) is 18.1. The lowest BCUT2D eigenvalue weighted by Crippen LogP contribution is -2.50. The highest BCUT2D eigenvalue weighted by molar-refractivity contribution is 5.90. The maximum Gasteiger partial charge on any atom is 0.410 e. The van der Waals surface area contributed by atoms with Crippen molar-refractivity contribution in [3.8, 4) is 0 Å². The van der Waals surface area contributed by atoms with Gasteiger partial charge in [0.05, 0.1) is 13.3 Å². The van der Waals surface area contributed by atoms with E-state index < -0.39 is 11.5 Å². The second-order valence-electron chi connectivity index (χ2n) is 6.45. The van der Waals surface area contributed by atoms with Crippen molar-refractivity contribution >= 4 is 18.0 Å². The van der Waals surface area contributed by atoms with Gasteiger partial charge in [-0.1, -0.05) is 0 Å². The molecule has 2 amide bonds. The van der Waals surface area contributed by atoms with Crippen LogP contribution in [0.3, 0.4) is 0 Å². The highest BCUT2D eigenvalue weighted by Crippen LogP contribution is 2.19. The summed E-state index contributed by atoms with van der Waals surface area (Å²) in [5.74, 6) is -0.312. The van der Waals surface area contributed by atoms with E-state index in [-0.39, 0.29) is 11.9 Å². The minimum Gasteiger partial charge on any atom is -0.444 e. The molecular formula is C15H24N4O5. The number of amides is 2. The monoisotopic (exact) mass is 340 g/mol. The van der Waals surface area contributed by atoms with Gasteiger partial charge in [0.25, 0.3) is 6.01 Å². The van der Waals surface area contributed by atoms with Crippen LogP contribution in [0, 0.1) is 0 Å². The van der Waals surface area contributed by atoms with Gasteiger partial charge >= 0.3 is 12.0 Å². The average Bonchev–Trinajstić information content (AvgIpc) is 3.01. The Kier molecular flexibility index (Phi) is 5.33. The van der Waals surface area contributed by atoms with Crippen LogP contribution in [0.25, 0.3) is 0 Å². The molecule has 9 heteroatoms. The topological polar surface area (TPSA) is 88.4 Å². The van der Waals surface area contributed by atoms with Crippen LogP contribution in [-0.2, 0) is 9.57 Å². The predicted octanol–water partition coefficient (Wildman–Crippen LogP) is 1.37. The summed E-state index contributed by atoms with van der Waals surface area (Å²) in [7, 11) is 2.88. The molecule has 1 aliphatic rings. The number of oxazole rings is 1. The van der Waals surface area contributed by atoms with Crippen molar-refractivity contribution in [2.75, 3.05) is 45.2 Å². The van der Waals surface area contributed by atoms with Crippen molar-refractivity contribution in [1.29, 1.82) is 0 Å². The summed E-state index contributed by atoms with van der Waals surface area (Å²) >= 11 is 0. The zero-order valence-corrected chi connectivity index (χ0v) is 14.7. The number of piperazine rings is 1. The molecule has 1 fully saturated rings. The fraction of sp³-hybridized carbons (Fsp3) is 0.667. The van der Waals surface area contributed by atoms with Gasteiger partial charge in [0.1, 0.15) is 5.60 Å². The Morgan fingerprint density at radius 2 is 1.88 bits per heavy atom. The Morgan fingerprint density at radius 1 is 1.25 bits per heavy atom. The second-order valence-corrected chi connectivity index (χ2v) is 6.45. The number of hydrogen-bond donors (Lipinski definition) is 0. The molecule has 0 bridgehead atoms.